The molecule has 11 rings (SSSR count). The summed E-state index contributed by atoms with van der Waals surface area (Å²) in [6, 6.07) is 65.7. The highest BCUT2D eigenvalue weighted by Gasteiger charge is 2.20. The molecule has 0 amide bonds. The van der Waals surface area contributed by atoms with Gasteiger partial charge in [-0.1, -0.05) is 170 Å². The molecule has 0 radical (unpaired) electrons. The highest BCUT2D eigenvalue weighted by molar-refractivity contribution is 6.19. The smallest absolute Gasteiger partial charge is 0.164 e. The summed E-state index contributed by atoms with van der Waals surface area (Å²) < 4.78 is 6.76. The fourth-order valence-corrected chi connectivity index (χ4v) is 8.14. The van der Waals surface area contributed by atoms with E-state index in [-0.39, 0.29) is 0 Å². The number of rotatable bonds is 5. The van der Waals surface area contributed by atoms with Crippen molar-refractivity contribution in [2.75, 3.05) is 0 Å². The number of nitrogens with zero attached hydrogens (tertiary/aromatic N) is 3. The van der Waals surface area contributed by atoms with Crippen molar-refractivity contribution in [2.24, 2.45) is 0 Å². The summed E-state index contributed by atoms with van der Waals surface area (Å²) in [4.78, 5) is 15.3. The van der Waals surface area contributed by atoms with Crippen LogP contribution in [0.25, 0.3) is 111 Å². The maximum absolute atomic E-state index is 6.76. The Morgan fingerprint density at radius 1 is 0.309 bits per heavy atom. The molecule has 0 bridgehead atoms. The van der Waals surface area contributed by atoms with Crippen LogP contribution in [0.15, 0.2) is 192 Å². The molecule has 4 heteroatoms. The van der Waals surface area contributed by atoms with E-state index in [1.54, 1.807) is 0 Å². The molecule has 0 unspecified atom stereocenters. The maximum atomic E-state index is 6.76. The Kier molecular flexibility index (Phi) is 7.14. The highest BCUT2D eigenvalue weighted by Crippen LogP contribution is 2.44. The van der Waals surface area contributed by atoms with Gasteiger partial charge in [0, 0.05) is 33.0 Å². The lowest BCUT2D eigenvalue weighted by Gasteiger charge is -2.14. The molecular formula is C51H31N3O. The minimum atomic E-state index is 0.631. The van der Waals surface area contributed by atoms with Crippen LogP contribution in [-0.2, 0) is 0 Å². The molecule has 55 heavy (non-hydrogen) atoms. The zero-order valence-electron chi connectivity index (χ0n) is 29.6. The van der Waals surface area contributed by atoms with Gasteiger partial charge >= 0.3 is 0 Å². The van der Waals surface area contributed by atoms with Crippen LogP contribution < -0.4 is 0 Å². The second kappa shape index (κ2) is 12.6. The van der Waals surface area contributed by atoms with Crippen molar-refractivity contribution >= 4 is 54.3 Å². The molecular weight excluding hydrogens is 671 g/mol. The van der Waals surface area contributed by atoms with E-state index in [1.807, 2.05) is 30.3 Å². The van der Waals surface area contributed by atoms with Crippen LogP contribution in [0.4, 0.5) is 0 Å². The second-order valence-electron chi connectivity index (χ2n) is 13.9. The standard InChI is InChI=1S/C51H31N3O/c1-2-15-34(16-3-1)49-52-50(36-28-27-32-13-4-5-17-35(32)31-36)54-51(53-49)44-30-29-41(39-20-8-9-21-40(39)44)42-23-12-26-46-47(42)45-25-11-24-43(48(45)55-46)38-22-10-18-33-14-6-7-19-37(33)38/h1-31H. The Morgan fingerprint density at radius 3 is 1.73 bits per heavy atom. The fraction of sp³-hybridized carbons (Fsp3) is 0. The van der Waals surface area contributed by atoms with E-state index < -0.39 is 0 Å². The second-order valence-corrected chi connectivity index (χ2v) is 13.9. The fourth-order valence-electron chi connectivity index (χ4n) is 8.14. The lowest BCUT2D eigenvalue weighted by molar-refractivity contribution is 0.670. The van der Waals surface area contributed by atoms with Gasteiger partial charge in [-0.15, -0.1) is 0 Å². The van der Waals surface area contributed by atoms with E-state index in [4.69, 9.17) is 19.4 Å². The molecule has 0 N–H and O–H groups in total. The van der Waals surface area contributed by atoms with Crippen molar-refractivity contribution in [1.29, 1.82) is 0 Å². The number of fused-ring (bicyclic) bond motifs is 6. The molecule has 9 aromatic carbocycles. The summed E-state index contributed by atoms with van der Waals surface area (Å²) in [7, 11) is 0. The first kappa shape index (κ1) is 31.1. The zero-order valence-corrected chi connectivity index (χ0v) is 29.6. The van der Waals surface area contributed by atoms with Crippen molar-refractivity contribution in [3.8, 4) is 56.4 Å². The first-order chi connectivity index (χ1) is 27.3. The molecule has 2 heterocycles. The van der Waals surface area contributed by atoms with Gasteiger partial charge in [0.25, 0.3) is 0 Å². The number of furan rings is 1. The first-order valence-electron chi connectivity index (χ1n) is 18.5. The molecule has 0 aliphatic heterocycles. The molecule has 0 saturated heterocycles. The van der Waals surface area contributed by atoms with Gasteiger partial charge in [-0.05, 0) is 67.2 Å². The maximum Gasteiger partial charge on any atom is 0.164 e. The van der Waals surface area contributed by atoms with Gasteiger partial charge in [0.15, 0.2) is 17.5 Å². The van der Waals surface area contributed by atoms with Gasteiger partial charge in [0.1, 0.15) is 11.2 Å². The van der Waals surface area contributed by atoms with E-state index in [1.165, 1.54) is 16.2 Å². The third kappa shape index (κ3) is 5.19. The molecule has 0 aliphatic rings. The van der Waals surface area contributed by atoms with Crippen molar-refractivity contribution in [2.45, 2.75) is 0 Å². The summed E-state index contributed by atoms with van der Waals surface area (Å²) in [6.07, 6.45) is 0. The van der Waals surface area contributed by atoms with Crippen molar-refractivity contribution in [3.05, 3.63) is 188 Å². The van der Waals surface area contributed by atoms with Crippen LogP contribution >= 0.6 is 0 Å². The Labute approximate surface area is 317 Å². The van der Waals surface area contributed by atoms with Crippen molar-refractivity contribution < 1.29 is 4.42 Å². The molecule has 0 atom stereocenters. The minimum Gasteiger partial charge on any atom is -0.455 e. The van der Waals surface area contributed by atoms with Gasteiger partial charge in [-0.25, -0.2) is 15.0 Å². The Hall–Kier alpha value is -7.43. The minimum absolute atomic E-state index is 0.631. The highest BCUT2D eigenvalue weighted by atomic mass is 16.3. The normalized spacial score (nSPS) is 11.6. The van der Waals surface area contributed by atoms with E-state index in [9.17, 15) is 0 Å². The summed E-state index contributed by atoms with van der Waals surface area (Å²) in [5, 5.41) is 9.10. The van der Waals surface area contributed by atoms with Crippen molar-refractivity contribution in [3.63, 3.8) is 0 Å². The first-order valence-corrected chi connectivity index (χ1v) is 18.5. The number of hydrogen-bond acceptors (Lipinski definition) is 4. The number of hydrogen-bond donors (Lipinski definition) is 0. The average molecular weight is 702 g/mol. The molecule has 0 fully saturated rings. The lowest BCUT2D eigenvalue weighted by Crippen LogP contribution is -2.00. The van der Waals surface area contributed by atoms with Gasteiger partial charge in [-0.3, -0.25) is 0 Å². The number of benzene rings is 9. The van der Waals surface area contributed by atoms with Crippen LogP contribution in [-0.4, -0.2) is 15.0 Å². The van der Waals surface area contributed by atoms with Gasteiger partial charge in [-0.2, -0.15) is 0 Å². The lowest BCUT2D eigenvalue weighted by atomic mass is 9.91. The predicted molar refractivity (Wildman–Crippen MR) is 227 cm³/mol. The average Bonchev–Trinajstić information content (AvgIpc) is 3.65. The topological polar surface area (TPSA) is 51.8 Å². The van der Waals surface area contributed by atoms with E-state index in [0.29, 0.717) is 17.5 Å². The van der Waals surface area contributed by atoms with Gasteiger partial charge < -0.3 is 4.42 Å². The van der Waals surface area contributed by atoms with Crippen LogP contribution in [0.1, 0.15) is 0 Å². The zero-order chi connectivity index (χ0) is 36.3. The van der Waals surface area contributed by atoms with Crippen LogP contribution in [0.3, 0.4) is 0 Å². The molecule has 256 valence electrons. The molecule has 4 nitrogen and oxygen atoms in total. The molecule has 0 spiro atoms. The Morgan fingerprint density at radius 2 is 0.873 bits per heavy atom. The van der Waals surface area contributed by atoms with E-state index >= 15 is 0 Å². The van der Waals surface area contributed by atoms with Crippen LogP contribution in [0.2, 0.25) is 0 Å². The summed E-state index contributed by atoms with van der Waals surface area (Å²) in [6.45, 7) is 0. The Bertz CT molecular complexity index is 3270. The molecule has 0 aliphatic carbocycles. The quantitative estimate of drug-likeness (QED) is 0.179. The summed E-state index contributed by atoms with van der Waals surface area (Å²) in [5.41, 5.74) is 9.07. The third-order valence-corrected chi connectivity index (χ3v) is 10.7. The summed E-state index contributed by atoms with van der Waals surface area (Å²) >= 11 is 0. The SMILES string of the molecule is c1ccc(-c2nc(-c3ccc4ccccc4c3)nc(-c3ccc(-c4cccc5oc6c(-c7cccc8ccccc78)cccc6c45)c4ccccc34)n2)cc1. The van der Waals surface area contributed by atoms with E-state index in [2.05, 4.69) is 158 Å². The monoisotopic (exact) mass is 701 g/mol. The van der Waals surface area contributed by atoms with Gasteiger partial charge in [0.2, 0.25) is 0 Å². The molecule has 0 saturated carbocycles. The third-order valence-electron chi connectivity index (χ3n) is 10.7. The van der Waals surface area contributed by atoms with Crippen molar-refractivity contribution in [1.82, 2.24) is 15.0 Å². The predicted octanol–water partition coefficient (Wildman–Crippen LogP) is 13.6. The largest absolute Gasteiger partial charge is 0.455 e. The molecule has 2 aromatic heterocycles. The number of para-hydroxylation sites is 1. The van der Waals surface area contributed by atoms with Crippen LogP contribution in [0.5, 0.6) is 0 Å². The molecule has 11 aromatic rings. The Balaban J connectivity index is 1.11. The van der Waals surface area contributed by atoms with Gasteiger partial charge in [0.05, 0.1) is 0 Å². The van der Waals surface area contributed by atoms with Crippen LogP contribution in [0, 0.1) is 0 Å². The summed E-state index contributed by atoms with van der Waals surface area (Å²) in [5.74, 6) is 1.91. The van der Waals surface area contributed by atoms with E-state index in [0.717, 1.165) is 77.0 Å². The number of aromatic nitrogens is 3.